The van der Waals surface area contributed by atoms with Crippen molar-refractivity contribution >= 4 is 0 Å². The van der Waals surface area contributed by atoms with Gasteiger partial charge in [0.2, 0.25) is 0 Å². The zero-order valence-electron chi connectivity index (χ0n) is 10.4. The molecular formula is C17H20. The predicted octanol–water partition coefficient (Wildman–Crippen LogP) is 5.09. The minimum absolute atomic E-state index is 1.75. The molecule has 0 spiro atoms. The van der Waals surface area contributed by atoms with Gasteiger partial charge in [-0.25, -0.2) is 0 Å². The van der Waals surface area contributed by atoms with E-state index in [9.17, 15) is 0 Å². The van der Waals surface area contributed by atoms with Crippen LogP contribution in [0.1, 0.15) is 6.92 Å². The Morgan fingerprint density at radius 2 is 0.765 bits per heavy atom. The fraction of sp³-hybridized carbons (Fsp3) is 0.0588. The van der Waals surface area contributed by atoms with Gasteiger partial charge in [-0.2, -0.15) is 0 Å². The van der Waals surface area contributed by atoms with Gasteiger partial charge in [0.25, 0.3) is 0 Å². The van der Waals surface area contributed by atoms with E-state index in [0.717, 1.165) is 0 Å². The molecule has 17 heavy (non-hydrogen) atoms. The summed E-state index contributed by atoms with van der Waals surface area (Å²) < 4.78 is 0. The summed E-state index contributed by atoms with van der Waals surface area (Å²) in [6.45, 7) is 5.58. The van der Waals surface area contributed by atoms with Gasteiger partial charge in [0, 0.05) is 0 Å². The first-order valence-corrected chi connectivity index (χ1v) is 5.65. The maximum absolute atomic E-state index is 3.59. The van der Waals surface area contributed by atoms with E-state index in [2.05, 4.69) is 6.58 Å². The third-order valence-electron chi connectivity index (χ3n) is 1.66. The average Bonchev–Trinajstić information content (AvgIpc) is 2.35. The maximum atomic E-state index is 3.59. The summed E-state index contributed by atoms with van der Waals surface area (Å²) in [7, 11) is 0. The summed E-state index contributed by atoms with van der Waals surface area (Å²) in [6, 6.07) is 0. The molecule has 88 valence electrons. The predicted molar refractivity (Wildman–Crippen MR) is 79.9 cm³/mol. The Balaban J connectivity index is 3.80. The topological polar surface area (TPSA) is 0 Å². The molecule has 0 aromatic rings. The quantitative estimate of drug-likeness (QED) is 0.529. The molecule has 0 aliphatic heterocycles. The molecule has 0 nitrogen and oxygen atoms in total. The van der Waals surface area contributed by atoms with Gasteiger partial charge in [0.1, 0.15) is 0 Å². The summed E-state index contributed by atoms with van der Waals surface area (Å²) >= 11 is 0. The lowest BCUT2D eigenvalue weighted by Gasteiger charge is -1.74. The SMILES string of the molecule is C=CC=CC=CC=CC=CC=CC=CC=CC. The molecule has 0 bridgehead atoms. The molecule has 0 heterocycles. The first-order chi connectivity index (χ1) is 8.41. The second-order valence-corrected chi connectivity index (χ2v) is 3.07. The lowest BCUT2D eigenvalue weighted by Crippen LogP contribution is -1.53. The molecule has 0 aromatic carbocycles. The largest absolute Gasteiger partial charge is 0.0991 e. The lowest BCUT2D eigenvalue weighted by atomic mass is 10.3. The van der Waals surface area contributed by atoms with Crippen molar-refractivity contribution in [1.82, 2.24) is 0 Å². The van der Waals surface area contributed by atoms with E-state index in [0.29, 0.717) is 0 Å². The van der Waals surface area contributed by atoms with Crippen LogP contribution >= 0.6 is 0 Å². The van der Waals surface area contributed by atoms with Crippen LogP contribution in [0.3, 0.4) is 0 Å². The Labute approximate surface area is 105 Å². The van der Waals surface area contributed by atoms with Gasteiger partial charge >= 0.3 is 0 Å². The average molecular weight is 224 g/mol. The van der Waals surface area contributed by atoms with Crippen LogP contribution in [0.15, 0.2) is 97.7 Å². The maximum Gasteiger partial charge on any atom is -0.0467 e. The molecule has 0 fully saturated rings. The second kappa shape index (κ2) is 13.9. The normalized spacial score (nSPS) is 13.9. The first kappa shape index (κ1) is 14.9. The van der Waals surface area contributed by atoms with Crippen molar-refractivity contribution in [3.63, 3.8) is 0 Å². The van der Waals surface area contributed by atoms with Crippen LogP contribution in [0, 0.1) is 0 Å². The Hall–Kier alpha value is -2.08. The Bertz CT molecular complexity index is 369. The van der Waals surface area contributed by atoms with Gasteiger partial charge in [0.05, 0.1) is 0 Å². The summed E-state index contributed by atoms with van der Waals surface area (Å²) in [5, 5.41) is 0. The standard InChI is InChI=1S/C17H20/c1-3-5-7-9-11-13-15-17-16-14-12-10-8-6-4-2/h3-17H,1H2,2H3. The highest BCUT2D eigenvalue weighted by atomic mass is 13.7. The zero-order valence-corrected chi connectivity index (χ0v) is 10.4. The summed E-state index contributed by atoms with van der Waals surface area (Å²) in [6.07, 6.45) is 29.4. The third kappa shape index (κ3) is 13.9. The Morgan fingerprint density at radius 1 is 0.471 bits per heavy atom. The minimum Gasteiger partial charge on any atom is -0.0991 e. The molecule has 0 aliphatic carbocycles. The van der Waals surface area contributed by atoms with E-state index in [1.165, 1.54) is 0 Å². The Kier molecular flexibility index (Phi) is 12.2. The highest BCUT2D eigenvalue weighted by Gasteiger charge is 1.63. The van der Waals surface area contributed by atoms with Gasteiger partial charge in [-0.05, 0) is 6.92 Å². The van der Waals surface area contributed by atoms with E-state index in [1.54, 1.807) is 6.08 Å². The second-order valence-electron chi connectivity index (χ2n) is 3.07. The molecule has 0 unspecified atom stereocenters. The first-order valence-electron chi connectivity index (χ1n) is 5.65. The van der Waals surface area contributed by atoms with Crippen LogP contribution in [0.25, 0.3) is 0 Å². The van der Waals surface area contributed by atoms with E-state index >= 15 is 0 Å². The fourth-order valence-electron chi connectivity index (χ4n) is 0.895. The molecule has 0 radical (unpaired) electrons. The van der Waals surface area contributed by atoms with Gasteiger partial charge in [-0.1, -0.05) is 97.7 Å². The van der Waals surface area contributed by atoms with Crippen molar-refractivity contribution in [2.45, 2.75) is 6.92 Å². The highest BCUT2D eigenvalue weighted by molar-refractivity contribution is 5.20. The minimum atomic E-state index is 1.75. The molecular weight excluding hydrogens is 204 g/mol. The van der Waals surface area contributed by atoms with Crippen molar-refractivity contribution in [2.75, 3.05) is 0 Å². The van der Waals surface area contributed by atoms with E-state index in [-0.39, 0.29) is 0 Å². The molecule has 0 saturated carbocycles. The molecule has 0 rings (SSSR count). The smallest absolute Gasteiger partial charge is 0.0467 e. The number of hydrogen-bond donors (Lipinski definition) is 0. The van der Waals surface area contributed by atoms with E-state index in [4.69, 9.17) is 0 Å². The molecule has 0 atom stereocenters. The summed E-state index contributed by atoms with van der Waals surface area (Å²) in [4.78, 5) is 0. The van der Waals surface area contributed by atoms with Crippen molar-refractivity contribution in [3.05, 3.63) is 97.7 Å². The summed E-state index contributed by atoms with van der Waals surface area (Å²) in [5.74, 6) is 0. The molecule has 0 aliphatic rings. The number of hydrogen-bond acceptors (Lipinski definition) is 0. The van der Waals surface area contributed by atoms with Crippen molar-refractivity contribution in [3.8, 4) is 0 Å². The molecule has 0 saturated heterocycles. The van der Waals surface area contributed by atoms with Crippen molar-refractivity contribution in [1.29, 1.82) is 0 Å². The van der Waals surface area contributed by atoms with Gasteiger partial charge in [0.15, 0.2) is 0 Å². The van der Waals surface area contributed by atoms with Crippen molar-refractivity contribution in [2.24, 2.45) is 0 Å². The van der Waals surface area contributed by atoms with Crippen LogP contribution in [0.5, 0.6) is 0 Å². The highest BCUT2D eigenvalue weighted by Crippen LogP contribution is 1.85. The Morgan fingerprint density at radius 3 is 1.06 bits per heavy atom. The molecule has 0 heteroatoms. The van der Waals surface area contributed by atoms with Crippen LogP contribution in [0.4, 0.5) is 0 Å². The van der Waals surface area contributed by atoms with Gasteiger partial charge < -0.3 is 0 Å². The van der Waals surface area contributed by atoms with Crippen LogP contribution in [0.2, 0.25) is 0 Å². The molecule has 0 N–H and O–H groups in total. The van der Waals surface area contributed by atoms with Gasteiger partial charge in [-0.15, -0.1) is 0 Å². The van der Waals surface area contributed by atoms with Crippen LogP contribution in [-0.4, -0.2) is 0 Å². The molecule has 0 amide bonds. The van der Waals surface area contributed by atoms with Crippen LogP contribution < -0.4 is 0 Å². The van der Waals surface area contributed by atoms with E-state index in [1.807, 2.05) is 92.0 Å². The van der Waals surface area contributed by atoms with E-state index < -0.39 is 0 Å². The van der Waals surface area contributed by atoms with Gasteiger partial charge in [-0.3, -0.25) is 0 Å². The molecule has 0 aromatic heterocycles. The van der Waals surface area contributed by atoms with Crippen LogP contribution in [-0.2, 0) is 0 Å². The third-order valence-corrected chi connectivity index (χ3v) is 1.66. The van der Waals surface area contributed by atoms with Crippen molar-refractivity contribution < 1.29 is 0 Å². The number of allylic oxidation sites excluding steroid dienone is 15. The lowest BCUT2D eigenvalue weighted by molar-refractivity contribution is 1.73. The fourth-order valence-corrected chi connectivity index (χ4v) is 0.895. The number of rotatable bonds is 7. The zero-order chi connectivity index (χ0) is 12.6. The summed E-state index contributed by atoms with van der Waals surface area (Å²) in [5.41, 5.74) is 0. The monoisotopic (exact) mass is 224 g/mol.